The van der Waals surface area contributed by atoms with Crippen LogP contribution in [0, 0.1) is 0 Å². The van der Waals surface area contributed by atoms with Crippen molar-refractivity contribution in [2.24, 2.45) is 0 Å². The van der Waals surface area contributed by atoms with Gasteiger partial charge >= 0.3 is 0 Å². The summed E-state index contributed by atoms with van der Waals surface area (Å²) in [6, 6.07) is 0. The highest BCUT2D eigenvalue weighted by Gasteiger charge is 2.10. The first-order valence-electron chi connectivity index (χ1n) is 2.23. The Hall–Kier alpha value is 0.270. The fourth-order valence-corrected chi connectivity index (χ4v) is 1.35. The van der Waals surface area contributed by atoms with Crippen molar-refractivity contribution >= 4 is 33.0 Å². The van der Waals surface area contributed by atoms with E-state index in [0.29, 0.717) is 0 Å². The van der Waals surface area contributed by atoms with Crippen molar-refractivity contribution in [3.8, 4) is 0 Å². The maximum absolute atomic E-state index is 10.6. The third-order valence-electron chi connectivity index (χ3n) is 0.763. The predicted molar refractivity (Wildman–Crippen MR) is 39.2 cm³/mol. The molecule has 2 nitrogen and oxygen atoms in total. The average molecular weight is 189 g/mol. The SMILES string of the molecule is CCS(=O)(=O)C(Cl)=CCl. The molecule has 0 amide bonds. The van der Waals surface area contributed by atoms with Crippen LogP contribution < -0.4 is 0 Å². The number of sulfone groups is 1. The van der Waals surface area contributed by atoms with Crippen molar-refractivity contribution in [1.82, 2.24) is 0 Å². The Labute approximate surface area is 64.4 Å². The lowest BCUT2D eigenvalue weighted by Gasteiger charge is -1.93. The lowest BCUT2D eigenvalue weighted by atomic mass is 11.0. The van der Waals surface area contributed by atoms with E-state index in [1.807, 2.05) is 0 Å². The minimum absolute atomic E-state index is 0.0188. The minimum atomic E-state index is -3.25. The van der Waals surface area contributed by atoms with Crippen LogP contribution >= 0.6 is 23.2 Å². The van der Waals surface area contributed by atoms with Crippen LogP contribution in [0.1, 0.15) is 6.92 Å². The molecule has 9 heavy (non-hydrogen) atoms. The van der Waals surface area contributed by atoms with E-state index < -0.39 is 9.84 Å². The Balaban J connectivity index is 4.57. The van der Waals surface area contributed by atoms with E-state index >= 15 is 0 Å². The van der Waals surface area contributed by atoms with E-state index in [-0.39, 0.29) is 10.1 Å². The summed E-state index contributed by atoms with van der Waals surface area (Å²) >= 11 is 10.2. The van der Waals surface area contributed by atoms with Crippen LogP contribution in [0.4, 0.5) is 0 Å². The average Bonchev–Trinajstić information content (AvgIpc) is 1.86. The summed E-state index contributed by atoms with van der Waals surface area (Å²) in [6.45, 7) is 1.50. The molecule has 0 saturated heterocycles. The molecule has 54 valence electrons. The molecule has 0 aliphatic carbocycles. The van der Waals surface area contributed by atoms with Crippen LogP contribution in [-0.2, 0) is 9.84 Å². The number of hydrogen-bond donors (Lipinski definition) is 0. The molecular formula is C4H6Cl2O2S. The molecule has 0 aromatic carbocycles. The normalized spacial score (nSPS) is 13.9. The summed E-state index contributed by atoms with van der Waals surface area (Å²) in [7, 11) is -3.25. The molecule has 0 rings (SSSR count). The van der Waals surface area contributed by atoms with Crippen LogP contribution in [0.15, 0.2) is 9.90 Å². The van der Waals surface area contributed by atoms with E-state index in [4.69, 9.17) is 23.2 Å². The fraction of sp³-hybridized carbons (Fsp3) is 0.500. The summed E-state index contributed by atoms with van der Waals surface area (Å²) in [5.74, 6) is -0.0188. The second-order valence-electron chi connectivity index (χ2n) is 1.32. The standard InChI is InChI=1S/C4H6Cl2O2S/c1-2-9(7,8)4(6)3-5/h3H,2H2,1H3. The first-order valence-corrected chi connectivity index (χ1v) is 4.70. The van der Waals surface area contributed by atoms with E-state index in [9.17, 15) is 8.42 Å². The van der Waals surface area contributed by atoms with Crippen molar-refractivity contribution < 1.29 is 8.42 Å². The van der Waals surface area contributed by atoms with E-state index in [1.165, 1.54) is 6.92 Å². The Morgan fingerprint density at radius 1 is 1.67 bits per heavy atom. The molecule has 0 N–H and O–H groups in total. The molecule has 0 aromatic rings. The largest absolute Gasteiger partial charge is 0.223 e. The van der Waals surface area contributed by atoms with Gasteiger partial charge in [0.2, 0.25) is 0 Å². The van der Waals surface area contributed by atoms with Gasteiger partial charge in [-0.15, -0.1) is 0 Å². The van der Waals surface area contributed by atoms with Gasteiger partial charge in [0.1, 0.15) is 4.36 Å². The molecule has 0 radical (unpaired) electrons. The Morgan fingerprint density at radius 2 is 2.11 bits per heavy atom. The highest BCUT2D eigenvalue weighted by atomic mass is 35.5. The molecule has 0 atom stereocenters. The topological polar surface area (TPSA) is 34.1 Å². The van der Waals surface area contributed by atoms with Crippen molar-refractivity contribution in [3.05, 3.63) is 9.90 Å². The number of hydrogen-bond acceptors (Lipinski definition) is 2. The Morgan fingerprint density at radius 3 is 2.22 bits per heavy atom. The van der Waals surface area contributed by atoms with Crippen molar-refractivity contribution in [3.63, 3.8) is 0 Å². The molecular weight excluding hydrogens is 183 g/mol. The zero-order chi connectivity index (χ0) is 7.49. The van der Waals surface area contributed by atoms with Gasteiger partial charge in [-0.3, -0.25) is 0 Å². The Kier molecular flexibility index (Phi) is 3.54. The quantitative estimate of drug-likeness (QED) is 0.662. The molecule has 0 aliphatic rings. The second-order valence-corrected chi connectivity index (χ2v) is 4.41. The van der Waals surface area contributed by atoms with Crippen LogP contribution in [0.5, 0.6) is 0 Å². The second kappa shape index (κ2) is 3.44. The predicted octanol–water partition coefficient (Wildman–Crippen LogP) is 1.70. The summed E-state index contributed by atoms with van der Waals surface area (Å²) < 4.78 is 21.0. The third kappa shape index (κ3) is 2.56. The number of halogens is 2. The smallest absolute Gasteiger partial charge is 0.189 e. The zero-order valence-electron chi connectivity index (χ0n) is 4.77. The van der Waals surface area contributed by atoms with Gasteiger partial charge < -0.3 is 0 Å². The van der Waals surface area contributed by atoms with Gasteiger partial charge in [-0.25, -0.2) is 8.42 Å². The first-order chi connectivity index (χ1) is 4.04. The van der Waals surface area contributed by atoms with Crippen molar-refractivity contribution in [2.75, 3.05) is 5.75 Å². The van der Waals surface area contributed by atoms with Crippen LogP contribution in [-0.4, -0.2) is 14.2 Å². The molecule has 0 unspecified atom stereocenters. The van der Waals surface area contributed by atoms with Crippen LogP contribution in [0.2, 0.25) is 0 Å². The van der Waals surface area contributed by atoms with E-state index in [0.717, 1.165) is 5.54 Å². The maximum Gasteiger partial charge on any atom is 0.189 e. The zero-order valence-corrected chi connectivity index (χ0v) is 7.09. The van der Waals surface area contributed by atoms with Crippen LogP contribution in [0.25, 0.3) is 0 Å². The molecule has 0 spiro atoms. The molecule has 0 bridgehead atoms. The van der Waals surface area contributed by atoms with Crippen molar-refractivity contribution in [2.45, 2.75) is 6.92 Å². The van der Waals surface area contributed by atoms with Gasteiger partial charge in [-0.05, 0) is 0 Å². The molecule has 0 heterocycles. The third-order valence-corrected chi connectivity index (χ3v) is 3.51. The monoisotopic (exact) mass is 188 g/mol. The van der Waals surface area contributed by atoms with Gasteiger partial charge in [0.05, 0.1) is 5.75 Å². The highest BCUT2D eigenvalue weighted by Crippen LogP contribution is 2.12. The van der Waals surface area contributed by atoms with E-state index in [1.54, 1.807) is 0 Å². The van der Waals surface area contributed by atoms with Gasteiger partial charge in [0.25, 0.3) is 0 Å². The summed E-state index contributed by atoms with van der Waals surface area (Å²) in [5, 5.41) is 0. The molecule has 0 fully saturated rings. The van der Waals surface area contributed by atoms with E-state index in [2.05, 4.69) is 0 Å². The van der Waals surface area contributed by atoms with Gasteiger partial charge in [-0.1, -0.05) is 30.1 Å². The summed E-state index contributed by atoms with van der Waals surface area (Å²) in [5.41, 5.74) is 0.848. The van der Waals surface area contributed by atoms with Crippen molar-refractivity contribution in [1.29, 1.82) is 0 Å². The Bertz CT molecular complexity index is 205. The molecule has 0 aliphatic heterocycles. The number of rotatable bonds is 2. The maximum atomic E-state index is 10.6. The summed E-state index contributed by atoms with van der Waals surface area (Å²) in [6.07, 6.45) is 0. The molecule has 0 aromatic heterocycles. The minimum Gasteiger partial charge on any atom is -0.223 e. The van der Waals surface area contributed by atoms with Gasteiger partial charge in [0, 0.05) is 5.54 Å². The highest BCUT2D eigenvalue weighted by molar-refractivity contribution is 7.96. The fourth-order valence-electron chi connectivity index (χ4n) is 0.206. The lowest BCUT2D eigenvalue weighted by Crippen LogP contribution is -2.01. The van der Waals surface area contributed by atoms with Gasteiger partial charge in [0.15, 0.2) is 9.84 Å². The van der Waals surface area contributed by atoms with Crippen LogP contribution in [0.3, 0.4) is 0 Å². The first kappa shape index (κ1) is 9.27. The molecule has 0 saturated carbocycles. The lowest BCUT2D eigenvalue weighted by molar-refractivity contribution is 0.605. The molecule has 5 heteroatoms. The van der Waals surface area contributed by atoms with Gasteiger partial charge in [-0.2, -0.15) is 0 Å². The summed E-state index contributed by atoms with van der Waals surface area (Å²) in [4.78, 5) is 0.